The molecule has 2 aromatic carbocycles. The van der Waals surface area contributed by atoms with Crippen molar-refractivity contribution in [2.24, 2.45) is 5.73 Å². The summed E-state index contributed by atoms with van der Waals surface area (Å²) in [5.41, 5.74) is 7.83. The van der Waals surface area contributed by atoms with E-state index in [-0.39, 0.29) is 19.8 Å². The quantitative estimate of drug-likeness (QED) is 0.590. The Bertz CT molecular complexity index is 938. The summed E-state index contributed by atoms with van der Waals surface area (Å²) in [6, 6.07) is 12.8. The van der Waals surface area contributed by atoms with Gasteiger partial charge in [0.15, 0.2) is 0 Å². The maximum absolute atomic E-state index is 13.0. The molecular weight excluding hydrogens is 390 g/mol. The number of ether oxygens (including phenoxy) is 1. The highest BCUT2D eigenvalue weighted by Gasteiger charge is 2.50. The van der Waals surface area contributed by atoms with Crippen molar-refractivity contribution in [2.45, 2.75) is 24.8 Å². The number of primary amides is 1. The third-order valence-corrected chi connectivity index (χ3v) is 5.25. The van der Waals surface area contributed by atoms with Crippen molar-refractivity contribution in [3.8, 4) is 5.75 Å². The Kier molecular flexibility index (Phi) is 5.58. The molecule has 2 unspecified atom stereocenters. The lowest BCUT2D eigenvalue weighted by molar-refractivity contribution is -0.141. The maximum Gasteiger partial charge on any atom is 0.345 e. The molecule has 2 heterocycles. The third kappa shape index (κ3) is 3.70. The molecule has 2 aliphatic heterocycles. The first-order valence-corrected chi connectivity index (χ1v) is 9.61. The van der Waals surface area contributed by atoms with Crippen LogP contribution in [-0.2, 0) is 16.2 Å². The van der Waals surface area contributed by atoms with Crippen LogP contribution in [0.25, 0.3) is 0 Å². The molecule has 30 heavy (non-hydrogen) atoms. The Balaban J connectivity index is 1.62. The summed E-state index contributed by atoms with van der Waals surface area (Å²) >= 11 is 0. The number of benzene rings is 2. The van der Waals surface area contributed by atoms with E-state index in [0.29, 0.717) is 16.9 Å². The van der Waals surface area contributed by atoms with E-state index in [1.165, 1.54) is 9.96 Å². The summed E-state index contributed by atoms with van der Waals surface area (Å²) in [4.78, 5) is 32.4. The minimum atomic E-state index is -1.01. The van der Waals surface area contributed by atoms with Gasteiger partial charge < -0.3 is 25.6 Å². The number of hydrogen-bond donors (Lipinski definition) is 3. The number of nitrogens with two attached hydrogens (primary N) is 1. The molecule has 1 fully saturated rings. The lowest BCUT2D eigenvalue weighted by Crippen LogP contribution is -2.41. The Morgan fingerprint density at radius 1 is 1.20 bits per heavy atom. The monoisotopic (exact) mass is 413 g/mol. The number of hydrogen-bond acceptors (Lipinski definition) is 6. The number of hydroxylamine groups is 2. The van der Waals surface area contributed by atoms with Crippen LogP contribution in [0, 0.1) is 0 Å². The van der Waals surface area contributed by atoms with E-state index in [4.69, 9.17) is 20.4 Å². The Labute approximate surface area is 173 Å². The second-order valence-electron chi connectivity index (χ2n) is 7.28. The van der Waals surface area contributed by atoms with Crippen LogP contribution in [0.3, 0.4) is 0 Å². The average molecular weight is 413 g/mol. The minimum absolute atomic E-state index is 0.0848. The SMILES string of the molecule is NC(=O)C1c2ccc(OCC(O)CO)cc2[C@H]2CN1C(=O)N2OCc1ccccc1. The summed E-state index contributed by atoms with van der Waals surface area (Å²) in [5, 5.41) is 19.8. The molecule has 0 spiro atoms. The fourth-order valence-corrected chi connectivity index (χ4v) is 3.80. The summed E-state index contributed by atoms with van der Waals surface area (Å²) < 4.78 is 5.53. The fourth-order valence-electron chi connectivity index (χ4n) is 3.80. The molecule has 9 nitrogen and oxygen atoms in total. The summed E-state index contributed by atoms with van der Waals surface area (Å²) in [5.74, 6) is -0.183. The van der Waals surface area contributed by atoms with Crippen molar-refractivity contribution in [2.75, 3.05) is 19.8 Å². The molecular formula is C21H23N3O6. The first-order valence-electron chi connectivity index (χ1n) is 9.61. The third-order valence-electron chi connectivity index (χ3n) is 5.25. The highest BCUT2D eigenvalue weighted by molar-refractivity contribution is 5.90. The molecule has 2 bridgehead atoms. The van der Waals surface area contributed by atoms with E-state index in [1.807, 2.05) is 30.3 Å². The number of carbonyl (C=O) groups excluding carboxylic acids is 2. The zero-order chi connectivity index (χ0) is 21.3. The van der Waals surface area contributed by atoms with Gasteiger partial charge in [0.05, 0.1) is 13.2 Å². The zero-order valence-electron chi connectivity index (χ0n) is 16.2. The molecule has 3 atom stereocenters. The molecule has 0 radical (unpaired) electrons. The van der Waals surface area contributed by atoms with E-state index in [0.717, 1.165) is 5.56 Å². The van der Waals surface area contributed by atoms with Crippen LogP contribution >= 0.6 is 0 Å². The van der Waals surface area contributed by atoms with Crippen LogP contribution in [0.15, 0.2) is 48.5 Å². The van der Waals surface area contributed by atoms with Crippen molar-refractivity contribution in [1.29, 1.82) is 0 Å². The van der Waals surface area contributed by atoms with Gasteiger partial charge in [0, 0.05) is 0 Å². The topological polar surface area (TPSA) is 126 Å². The van der Waals surface area contributed by atoms with Crippen LogP contribution in [0.2, 0.25) is 0 Å². The molecule has 0 aromatic heterocycles. The standard InChI is InChI=1S/C21H23N3O6/c22-20(27)19-16-7-6-15(29-12-14(26)10-25)8-17(16)18-9-23(19)21(28)24(18)30-11-13-4-2-1-3-5-13/h1-8,14,18-19,25-26H,9-12H2,(H2,22,27)/t14?,18-,19?/m1/s1. The first-order chi connectivity index (χ1) is 14.5. The van der Waals surface area contributed by atoms with Crippen molar-refractivity contribution >= 4 is 11.9 Å². The van der Waals surface area contributed by atoms with Crippen molar-refractivity contribution in [3.05, 3.63) is 65.2 Å². The second-order valence-corrected chi connectivity index (χ2v) is 7.28. The number of carbonyl (C=O) groups is 2. The number of urea groups is 1. The average Bonchev–Trinajstić information content (AvgIpc) is 3.03. The van der Waals surface area contributed by atoms with E-state index < -0.39 is 36.7 Å². The van der Waals surface area contributed by atoms with Gasteiger partial charge in [-0.3, -0.25) is 9.63 Å². The van der Waals surface area contributed by atoms with E-state index in [2.05, 4.69) is 0 Å². The van der Waals surface area contributed by atoms with Crippen molar-refractivity contribution < 1.29 is 29.4 Å². The second kappa shape index (κ2) is 8.31. The highest BCUT2D eigenvalue weighted by Crippen LogP contribution is 2.45. The van der Waals surface area contributed by atoms with Gasteiger partial charge in [0.25, 0.3) is 0 Å². The molecule has 9 heteroatoms. The summed E-state index contributed by atoms with van der Waals surface area (Å²) in [6.45, 7) is -0.0380. The van der Waals surface area contributed by atoms with Crippen LogP contribution in [0.4, 0.5) is 4.79 Å². The number of nitrogens with zero attached hydrogens (tertiary/aromatic N) is 2. The molecule has 0 aliphatic carbocycles. The van der Waals surface area contributed by atoms with Crippen LogP contribution < -0.4 is 10.5 Å². The van der Waals surface area contributed by atoms with Crippen LogP contribution in [-0.4, -0.2) is 58.0 Å². The predicted molar refractivity (Wildman–Crippen MR) is 105 cm³/mol. The van der Waals surface area contributed by atoms with Gasteiger partial charge in [-0.1, -0.05) is 36.4 Å². The van der Waals surface area contributed by atoms with Crippen LogP contribution in [0.5, 0.6) is 5.75 Å². The van der Waals surface area contributed by atoms with Gasteiger partial charge in [-0.2, -0.15) is 5.06 Å². The molecule has 158 valence electrons. The molecule has 3 amide bonds. The van der Waals surface area contributed by atoms with E-state index in [1.54, 1.807) is 18.2 Å². The fraction of sp³-hybridized carbons (Fsp3) is 0.333. The van der Waals surface area contributed by atoms with Gasteiger partial charge in [-0.05, 0) is 28.8 Å². The molecule has 4 rings (SSSR count). The predicted octanol–water partition coefficient (Wildman–Crippen LogP) is 0.869. The molecule has 0 saturated carbocycles. The molecule has 4 N–H and O–H groups in total. The first kappa shape index (κ1) is 20.1. The van der Waals surface area contributed by atoms with Gasteiger partial charge in [-0.25, -0.2) is 4.79 Å². The Morgan fingerprint density at radius 2 is 1.97 bits per heavy atom. The number of amides is 3. The summed E-state index contributed by atoms with van der Waals surface area (Å²) in [6.07, 6.45) is -1.01. The van der Waals surface area contributed by atoms with E-state index >= 15 is 0 Å². The summed E-state index contributed by atoms with van der Waals surface area (Å²) in [7, 11) is 0. The molecule has 2 aromatic rings. The largest absolute Gasteiger partial charge is 0.491 e. The molecule has 1 saturated heterocycles. The lowest BCUT2D eigenvalue weighted by Gasteiger charge is -2.31. The Hall–Kier alpha value is -3.14. The number of rotatable bonds is 8. The minimum Gasteiger partial charge on any atom is -0.491 e. The van der Waals surface area contributed by atoms with Gasteiger partial charge in [0.1, 0.15) is 37.2 Å². The van der Waals surface area contributed by atoms with Crippen molar-refractivity contribution in [3.63, 3.8) is 0 Å². The van der Waals surface area contributed by atoms with Gasteiger partial charge in [0.2, 0.25) is 5.91 Å². The smallest absolute Gasteiger partial charge is 0.345 e. The lowest BCUT2D eigenvalue weighted by atomic mass is 9.90. The van der Waals surface area contributed by atoms with Crippen molar-refractivity contribution in [1.82, 2.24) is 9.96 Å². The maximum atomic E-state index is 13.0. The van der Waals surface area contributed by atoms with Gasteiger partial charge in [-0.15, -0.1) is 0 Å². The van der Waals surface area contributed by atoms with Crippen LogP contribution in [0.1, 0.15) is 28.8 Å². The molecule has 2 aliphatic rings. The zero-order valence-corrected chi connectivity index (χ0v) is 16.2. The normalized spacial score (nSPS) is 20.8. The highest BCUT2D eigenvalue weighted by atomic mass is 16.7. The Morgan fingerprint density at radius 3 is 2.67 bits per heavy atom. The van der Waals surface area contributed by atoms with E-state index in [9.17, 15) is 14.7 Å². The number of aliphatic hydroxyl groups excluding tert-OH is 2. The van der Waals surface area contributed by atoms with Gasteiger partial charge >= 0.3 is 6.03 Å². The number of fused-ring (bicyclic) bond motifs is 4. The number of aliphatic hydroxyl groups is 2.